The van der Waals surface area contributed by atoms with E-state index in [1.54, 1.807) is 11.8 Å². The zero-order valence-electron chi connectivity index (χ0n) is 14.5. The number of thioether (sulfide) groups is 1. The Balaban J connectivity index is 1.62. The van der Waals surface area contributed by atoms with Gasteiger partial charge in [-0.15, -0.1) is 23.1 Å². The summed E-state index contributed by atoms with van der Waals surface area (Å²) in [5.74, 6) is 0.700. The maximum absolute atomic E-state index is 12.3. The minimum atomic E-state index is -0.456. The molecule has 2 amide bonds. The van der Waals surface area contributed by atoms with E-state index in [1.165, 1.54) is 16.2 Å². The average Bonchev–Trinajstić information content (AvgIpc) is 2.93. The number of nitrogens with one attached hydrogen (secondary N) is 1. The highest BCUT2D eigenvalue weighted by atomic mass is 35.5. The third-order valence-corrected chi connectivity index (χ3v) is 6.86. The molecule has 3 rings (SSSR count). The first-order valence-corrected chi connectivity index (χ1v) is 10.7. The molecule has 1 atom stereocenters. The SMILES string of the molecule is CC1CCc2c(sc(NC(=O)CCSc3ccc(Cl)cc3)c2C(N)=O)C1. The molecular weight excluding hydrogens is 388 g/mol. The van der Waals surface area contributed by atoms with Crippen molar-refractivity contribution in [1.82, 2.24) is 0 Å². The van der Waals surface area contributed by atoms with Crippen LogP contribution in [0.25, 0.3) is 0 Å². The number of primary amides is 1. The number of hydrogen-bond donors (Lipinski definition) is 2. The lowest BCUT2D eigenvalue weighted by atomic mass is 9.88. The monoisotopic (exact) mass is 408 g/mol. The van der Waals surface area contributed by atoms with Gasteiger partial charge in [0.15, 0.2) is 0 Å². The van der Waals surface area contributed by atoms with Crippen molar-refractivity contribution in [1.29, 1.82) is 0 Å². The van der Waals surface area contributed by atoms with Gasteiger partial charge in [0.1, 0.15) is 5.00 Å². The molecule has 0 saturated carbocycles. The van der Waals surface area contributed by atoms with Crippen molar-refractivity contribution in [3.8, 4) is 0 Å². The topological polar surface area (TPSA) is 72.2 Å². The highest BCUT2D eigenvalue weighted by Gasteiger charge is 2.27. The van der Waals surface area contributed by atoms with Crippen LogP contribution in [-0.4, -0.2) is 17.6 Å². The lowest BCUT2D eigenvalue weighted by Crippen LogP contribution is -2.19. The summed E-state index contributed by atoms with van der Waals surface area (Å²) in [6.45, 7) is 2.21. The van der Waals surface area contributed by atoms with E-state index in [2.05, 4.69) is 12.2 Å². The number of fused-ring (bicyclic) bond motifs is 1. The summed E-state index contributed by atoms with van der Waals surface area (Å²) in [5, 5.41) is 4.21. The number of amides is 2. The molecule has 0 bridgehead atoms. The van der Waals surface area contributed by atoms with Gasteiger partial charge < -0.3 is 11.1 Å². The van der Waals surface area contributed by atoms with Gasteiger partial charge in [0.05, 0.1) is 5.56 Å². The van der Waals surface area contributed by atoms with E-state index in [-0.39, 0.29) is 5.91 Å². The Bertz CT molecular complexity index is 818. The van der Waals surface area contributed by atoms with Crippen molar-refractivity contribution in [2.45, 2.75) is 37.5 Å². The number of halogens is 1. The van der Waals surface area contributed by atoms with E-state index in [0.29, 0.717) is 33.7 Å². The van der Waals surface area contributed by atoms with Crippen molar-refractivity contribution >= 4 is 51.5 Å². The van der Waals surface area contributed by atoms with Crippen molar-refractivity contribution in [2.24, 2.45) is 11.7 Å². The summed E-state index contributed by atoms with van der Waals surface area (Å²) in [4.78, 5) is 26.5. The molecule has 1 aromatic heterocycles. The fourth-order valence-electron chi connectivity index (χ4n) is 3.08. The number of rotatable bonds is 6. The molecule has 7 heteroatoms. The second-order valence-electron chi connectivity index (χ2n) is 6.52. The molecule has 2 aromatic rings. The summed E-state index contributed by atoms with van der Waals surface area (Å²) in [6, 6.07) is 7.54. The fraction of sp³-hybridized carbons (Fsp3) is 0.368. The molecule has 1 unspecified atom stereocenters. The summed E-state index contributed by atoms with van der Waals surface area (Å²) >= 11 is 8.97. The van der Waals surface area contributed by atoms with E-state index in [9.17, 15) is 9.59 Å². The predicted octanol–water partition coefficient (Wildman–Crippen LogP) is 4.75. The molecule has 4 nitrogen and oxygen atoms in total. The van der Waals surface area contributed by atoms with Crippen LogP contribution >= 0.6 is 34.7 Å². The second-order valence-corrected chi connectivity index (χ2v) is 9.23. The average molecular weight is 409 g/mol. The zero-order chi connectivity index (χ0) is 18.7. The molecule has 1 aromatic carbocycles. The van der Waals surface area contributed by atoms with Gasteiger partial charge in [-0.1, -0.05) is 18.5 Å². The van der Waals surface area contributed by atoms with Gasteiger partial charge in [-0.25, -0.2) is 0 Å². The maximum Gasteiger partial charge on any atom is 0.251 e. The Labute approximate surface area is 166 Å². The lowest BCUT2D eigenvalue weighted by Gasteiger charge is -2.18. The molecule has 0 saturated heterocycles. The van der Waals surface area contributed by atoms with Gasteiger partial charge in [-0.05, 0) is 55.0 Å². The van der Waals surface area contributed by atoms with Crippen molar-refractivity contribution in [3.63, 3.8) is 0 Å². The number of thiophene rings is 1. The molecule has 26 heavy (non-hydrogen) atoms. The normalized spacial score (nSPS) is 16.2. The van der Waals surface area contributed by atoms with E-state index < -0.39 is 5.91 Å². The van der Waals surface area contributed by atoms with Crippen LogP contribution < -0.4 is 11.1 Å². The third kappa shape index (κ3) is 4.61. The lowest BCUT2D eigenvalue weighted by molar-refractivity contribution is -0.115. The van der Waals surface area contributed by atoms with Gasteiger partial charge in [-0.2, -0.15) is 0 Å². The zero-order valence-corrected chi connectivity index (χ0v) is 16.9. The number of hydrogen-bond acceptors (Lipinski definition) is 4. The Hall–Kier alpha value is -1.50. The second kappa shape index (κ2) is 8.46. The first kappa shape index (κ1) is 19.3. The summed E-state index contributed by atoms with van der Waals surface area (Å²) in [6.07, 6.45) is 3.22. The third-order valence-electron chi connectivity index (χ3n) is 4.42. The maximum atomic E-state index is 12.3. The van der Waals surface area contributed by atoms with Crippen LogP contribution in [0.2, 0.25) is 5.02 Å². The minimum absolute atomic E-state index is 0.0967. The van der Waals surface area contributed by atoms with Gasteiger partial charge >= 0.3 is 0 Å². The van der Waals surface area contributed by atoms with Gasteiger partial charge in [0, 0.05) is 27.0 Å². The van der Waals surface area contributed by atoms with Crippen LogP contribution in [0.15, 0.2) is 29.2 Å². The fourth-order valence-corrected chi connectivity index (χ4v) is 5.49. The Morgan fingerprint density at radius 1 is 1.35 bits per heavy atom. The number of nitrogens with two attached hydrogens (primary N) is 1. The molecule has 1 aliphatic carbocycles. The molecule has 1 heterocycles. The molecule has 0 spiro atoms. The molecule has 0 radical (unpaired) electrons. The Morgan fingerprint density at radius 2 is 2.08 bits per heavy atom. The van der Waals surface area contributed by atoms with Crippen LogP contribution in [-0.2, 0) is 17.6 Å². The number of carbonyl (C=O) groups is 2. The molecule has 3 N–H and O–H groups in total. The van der Waals surface area contributed by atoms with Crippen LogP contribution in [0.1, 0.15) is 40.6 Å². The highest BCUT2D eigenvalue weighted by molar-refractivity contribution is 7.99. The standard InChI is InChI=1S/C19H21ClN2O2S2/c1-11-2-7-14-15(10-11)26-19(17(14)18(21)24)22-16(23)8-9-25-13-5-3-12(20)4-6-13/h3-6,11H,2,7-10H2,1H3,(H2,21,24)(H,22,23). The van der Waals surface area contributed by atoms with E-state index in [0.717, 1.165) is 29.7 Å². The number of anilines is 1. The summed E-state index contributed by atoms with van der Waals surface area (Å²) in [5.41, 5.74) is 7.13. The van der Waals surface area contributed by atoms with Crippen molar-refractivity contribution < 1.29 is 9.59 Å². The molecule has 138 valence electrons. The largest absolute Gasteiger partial charge is 0.365 e. The van der Waals surface area contributed by atoms with Crippen LogP contribution in [0.4, 0.5) is 5.00 Å². The Morgan fingerprint density at radius 3 is 2.77 bits per heavy atom. The summed E-state index contributed by atoms with van der Waals surface area (Å²) in [7, 11) is 0. The number of carbonyl (C=O) groups excluding carboxylic acids is 2. The van der Waals surface area contributed by atoms with E-state index >= 15 is 0 Å². The number of benzene rings is 1. The smallest absolute Gasteiger partial charge is 0.251 e. The van der Waals surface area contributed by atoms with Crippen LogP contribution in [0, 0.1) is 5.92 Å². The molecule has 1 aliphatic rings. The summed E-state index contributed by atoms with van der Waals surface area (Å²) < 4.78 is 0. The van der Waals surface area contributed by atoms with Crippen molar-refractivity contribution in [3.05, 3.63) is 45.3 Å². The van der Waals surface area contributed by atoms with Gasteiger partial charge in [-0.3, -0.25) is 9.59 Å². The molecular formula is C19H21ClN2O2S2. The molecule has 0 fully saturated rings. The van der Waals surface area contributed by atoms with E-state index in [4.69, 9.17) is 17.3 Å². The Kier molecular flexibility index (Phi) is 6.27. The molecule has 0 aliphatic heterocycles. The van der Waals surface area contributed by atoms with Gasteiger partial charge in [0.2, 0.25) is 5.91 Å². The quantitative estimate of drug-likeness (QED) is 0.677. The first-order chi connectivity index (χ1) is 12.4. The first-order valence-electron chi connectivity index (χ1n) is 8.56. The van der Waals surface area contributed by atoms with Crippen molar-refractivity contribution in [2.75, 3.05) is 11.1 Å². The highest BCUT2D eigenvalue weighted by Crippen LogP contribution is 2.39. The van der Waals surface area contributed by atoms with E-state index in [1.807, 2.05) is 24.3 Å². The van der Waals surface area contributed by atoms with Gasteiger partial charge in [0.25, 0.3) is 5.91 Å². The van der Waals surface area contributed by atoms with Crippen LogP contribution in [0.3, 0.4) is 0 Å². The van der Waals surface area contributed by atoms with Crippen LogP contribution in [0.5, 0.6) is 0 Å². The minimum Gasteiger partial charge on any atom is -0.365 e. The predicted molar refractivity (Wildman–Crippen MR) is 109 cm³/mol.